The van der Waals surface area contributed by atoms with Gasteiger partial charge in [-0.2, -0.15) is 4.68 Å². The van der Waals surface area contributed by atoms with Gasteiger partial charge in [0.2, 0.25) is 0 Å². The first kappa shape index (κ1) is 15.2. The van der Waals surface area contributed by atoms with Crippen LogP contribution in [0.3, 0.4) is 0 Å². The number of ether oxygens (including phenoxy) is 1. The van der Waals surface area contributed by atoms with E-state index in [1.807, 2.05) is 0 Å². The summed E-state index contributed by atoms with van der Waals surface area (Å²) in [6, 6.07) is 6.12. The number of methoxy groups -OCH3 is 1. The molecule has 0 aliphatic rings. The molecule has 0 saturated carbocycles. The highest BCUT2D eigenvalue weighted by molar-refractivity contribution is 6.30. The Labute approximate surface area is 135 Å². The highest BCUT2D eigenvalue weighted by Gasteiger charge is 2.20. The molecule has 1 atom stereocenters. The van der Waals surface area contributed by atoms with Gasteiger partial charge in [-0.1, -0.05) is 22.9 Å². The van der Waals surface area contributed by atoms with Crippen LogP contribution in [0.25, 0.3) is 16.9 Å². The van der Waals surface area contributed by atoms with Crippen molar-refractivity contribution in [3.63, 3.8) is 0 Å². The third-order valence-electron chi connectivity index (χ3n) is 3.40. The molecule has 3 rings (SSSR count). The molecule has 1 aromatic carbocycles. The van der Waals surface area contributed by atoms with Crippen molar-refractivity contribution in [2.45, 2.75) is 13.0 Å². The van der Waals surface area contributed by atoms with E-state index in [9.17, 15) is 9.59 Å². The Morgan fingerprint density at radius 2 is 2.17 bits per heavy atom. The molecule has 2 aromatic heterocycles. The maximum Gasteiger partial charge on any atom is 0.328 e. The van der Waals surface area contributed by atoms with E-state index in [1.165, 1.54) is 18.1 Å². The number of hydrogen-bond acceptors (Lipinski definition) is 6. The van der Waals surface area contributed by atoms with Gasteiger partial charge in [-0.3, -0.25) is 9.36 Å². The second-order valence-electron chi connectivity index (χ2n) is 4.81. The molecule has 118 valence electrons. The van der Waals surface area contributed by atoms with Gasteiger partial charge in [-0.05, 0) is 25.1 Å². The Kier molecular flexibility index (Phi) is 3.83. The summed E-state index contributed by atoms with van der Waals surface area (Å²) in [5.41, 5.74) is 0.501. The van der Waals surface area contributed by atoms with E-state index in [0.29, 0.717) is 10.7 Å². The van der Waals surface area contributed by atoms with E-state index < -0.39 is 17.6 Å². The van der Waals surface area contributed by atoms with E-state index in [1.54, 1.807) is 31.2 Å². The summed E-state index contributed by atoms with van der Waals surface area (Å²) in [4.78, 5) is 28.3. The van der Waals surface area contributed by atoms with Crippen molar-refractivity contribution >= 4 is 28.7 Å². The monoisotopic (exact) mass is 333 g/mol. The zero-order chi connectivity index (χ0) is 16.6. The van der Waals surface area contributed by atoms with Crippen molar-refractivity contribution in [3.8, 4) is 5.69 Å². The van der Waals surface area contributed by atoms with Crippen molar-refractivity contribution in [2.24, 2.45) is 0 Å². The summed E-state index contributed by atoms with van der Waals surface area (Å²) in [7, 11) is 1.26. The van der Waals surface area contributed by atoms with Crippen LogP contribution in [-0.2, 0) is 9.53 Å². The van der Waals surface area contributed by atoms with Gasteiger partial charge in [0.15, 0.2) is 11.2 Å². The number of carbonyl (C=O) groups excluding carboxylic acids is 1. The van der Waals surface area contributed by atoms with Crippen LogP contribution in [0.1, 0.15) is 13.0 Å². The summed E-state index contributed by atoms with van der Waals surface area (Å²) < 4.78 is 7.21. The Morgan fingerprint density at radius 3 is 2.87 bits per heavy atom. The van der Waals surface area contributed by atoms with Gasteiger partial charge in [0.1, 0.15) is 12.4 Å². The van der Waals surface area contributed by atoms with Gasteiger partial charge in [0.05, 0.1) is 12.8 Å². The Morgan fingerprint density at radius 1 is 1.39 bits per heavy atom. The van der Waals surface area contributed by atoms with Crippen molar-refractivity contribution in [1.82, 2.24) is 24.5 Å². The highest BCUT2D eigenvalue weighted by atomic mass is 35.5. The molecule has 2 heterocycles. The van der Waals surface area contributed by atoms with Crippen molar-refractivity contribution in [2.75, 3.05) is 7.11 Å². The number of hydrogen-bond donors (Lipinski definition) is 0. The molecule has 8 nitrogen and oxygen atoms in total. The van der Waals surface area contributed by atoms with E-state index in [2.05, 4.69) is 20.0 Å². The van der Waals surface area contributed by atoms with Crippen LogP contribution in [0.2, 0.25) is 5.02 Å². The second-order valence-corrected chi connectivity index (χ2v) is 5.25. The predicted molar refractivity (Wildman–Crippen MR) is 82.7 cm³/mol. The number of carbonyl (C=O) groups is 1. The topological polar surface area (TPSA) is 91.9 Å². The lowest BCUT2D eigenvalue weighted by Crippen LogP contribution is -2.29. The summed E-state index contributed by atoms with van der Waals surface area (Å²) in [6.07, 6.45) is 1.27. The maximum absolute atomic E-state index is 12.5. The number of fused-ring (bicyclic) bond motifs is 1. The molecule has 0 bridgehead atoms. The van der Waals surface area contributed by atoms with Gasteiger partial charge < -0.3 is 4.74 Å². The zero-order valence-corrected chi connectivity index (χ0v) is 13.1. The minimum atomic E-state index is -0.805. The second kappa shape index (κ2) is 5.81. The molecule has 0 saturated heterocycles. The lowest BCUT2D eigenvalue weighted by Gasteiger charge is -2.11. The molecule has 0 aliphatic heterocycles. The summed E-state index contributed by atoms with van der Waals surface area (Å²) in [6.45, 7) is 1.54. The molecule has 23 heavy (non-hydrogen) atoms. The molecular weight excluding hydrogens is 322 g/mol. The van der Waals surface area contributed by atoms with E-state index in [0.717, 1.165) is 4.57 Å². The maximum atomic E-state index is 12.5. The number of rotatable bonds is 3. The third-order valence-corrected chi connectivity index (χ3v) is 3.64. The number of benzene rings is 1. The molecule has 0 amide bonds. The normalized spacial score (nSPS) is 12.3. The number of esters is 1. The van der Waals surface area contributed by atoms with Gasteiger partial charge in [0, 0.05) is 5.02 Å². The SMILES string of the molecule is COC(=O)[C@H](C)n1cnc2c(nnn2-c2cccc(Cl)c2)c1=O. The molecule has 0 spiro atoms. The van der Waals surface area contributed by atoms with E-state index >= 15 is 0 Å². The third kappa shape index (κ3) is 2.57. The number of nitrogens with zero attached hydrogens (tertiary/aromatic N) is 5. The van der Waals surface area contributed by atoms with Gasteiger partial charge in [-0.15, -0.1) is 5.10 Å². The molecule has 3 aromatic rings. The summed E-state index contributed by atoms with van der Waals surface area (Å²) in [5, 5.41) is 8.35. The molecule has 9 heteroatoms. The molecule has 0 unspecified atom stereocenters. The van der Waals surface area contributed by atoms with E-state index in [-0.39, 0.29) is 11.2 Å². The van der Waals surface area contributed by atoms with Crippen LogP contribution >= 0.6 is 11.6 Å². The first-order chi connectivity index (χ1) is 11.0. The molecular formula is C14H12ClN5O3. The van der Waals surface area contributed by atoms with Crippen molar-refractivity contribution < 1.29 is 9.53 Å². The quantitative estimate of drug-likeness (QED) is 0.672. The lowest BCUT2D eigenvalue weighted by atomic mass is 10.3. The molecule has 0 N–H and O–H groups in total. The van der Waals surface area contributed by atoms with Crippen LogP contribution < -0.4 is 5.56 Å². The minimum Gasteiger partial charge on any atom is -0.467 e. The van der Waals surface area contributed by atoms with Crippen molar-refractivity contribution in [1.29, 1.82) is 0 Å². The Bertz CT molecular complexity index is 949. The van der Waals surface area contributed by atoms with Crippen LogP contribution in [0.4, 0.5) is 0 Å². The van der Waals surface area contributed by atoms with Gasteiger partial charge in [0.25, 0.3) is 5.56 Å². The standard InChI is InChI=1S/C14H12ClN5O3/c1-8(14(22)23-2)19-7-16-12-11(13(19)21)17-18-20(12)10-5-3-4-9(15)6-10/h3-8H,1-2H3/t8-/m0/s1. The summed E-state index contributed by atoms with van der Waals surface area (Å²) in [5.74, 6) is -0.546. The average molecular weight is 334 g/mol. The lowest BCUT2D eigenvalue weighted by molar-refractivity contribution is -0.144. The smallest absolute Gasteiger partial charge is 0.328 e. The first-order valence-electron chi connectivity index (χ1n) is 6.69. The average Bonchev–Trinajstić information content (AvgIpc) is 2.99. The molecule has 0 fully saturated rings. The van der Waals surface area contributed by atoms with Crippen LogP contribution in [0.15, 0.2) is 35.4 Å². The fraction of sp³-hybridized carbons (Fsp3) is 0.214. The van der Waals surface area contributed by atoms with Gasteiger partial charge in [-0.25, -0.2) is 9.78 Å². The number of halogens is 1. The van der Waals surface area contributed by atoms with Crippen molar-refractivity contribution in [3.05, 3.63) is 46.0 Å². The fourth-order valence-corrected chi connectivity index (χ4v) is 2.35. The molecule has 0 aliphatic carbocycles. The molecule has 0 radical (unpaired) electrons. The fourth-order valence-electron chi connectivity index (χ4n) is 2.16. The number of aromatic nitrogens is 5. The minimum absolute atomic E-state index is 0.0585. The Hall–Kier alpha value is -2.74. The highest BCUT2D eigenvalue weighted by Crippen LogP contribution is 2.17. The van der Waals surface area contributed by atoms with E-state index in [4.69, 9.17) is 11.6 Å². The van der Waals surface area contributed by atoms with Crippen LogP contribution in [0.5, 0.6) is 0 Å². The predicted octanol–water partition coefficient (Wildman–Crippen LogP) is 1.36. The largest absolute Gasteiger partial charge is 0.467 e. The Balaban J connectivity index is 2.15. The van der Waals surface area contributed by atoms with Crippen LogP contribution in [0, 0.1) is 0 Å². The first-order valence-corrected chi connectivity index (χ1v) is 7.07. The summed E-state index contributed by atoms with van der Waals surface area (Å²) >= 11 is 5.96. The van der Waals surface area contributed by atoms with Crippen LogP contribution in [-0.4, -0.2) is 37.6 Å². The zero-order valence-electron chi connectivity index (χ0n) is 12.3. The van der Waals surface area contributed by atoms with Gasteiger partial charge >= 0.3 is 5.97 Å².